The van der Waals surface area contributed by atoms with Gasteiger partial charge in [0, 0.05) is 32.0 Å². The number of alkyl carbamates (subject to hydrolysis) is 1. The molecule has 2 aliphatic heterocycles. The van der Waals surface area contributed by atoms with Crippen molar-refractivity contribution in [2.24, 2.45) is 5.92 Å². The fraction of sp³-hybridized carbons (Fsp3) is 0.405. The molecule has 0 spiro atoms. The Hall–Kier alpha value is -4.86. The molecule has 1 saturated heterocycles. The minimum absolute atomic E-state index is 0.00830. The van der Waals surface area contributed by atoms with Crippen LogP contribution in [0.1, 0.15) is 54.4 Å². The Morgan fingerprint density at radius 3 is 2.47 bits per heavy atom. The first-order valence-corrected chi connectivity index (χ1v) is 16.4. The van der Waals surface area contributed by atoms with Crippen LogP contribution < -0.4 is 20.7 Å². The van der Waals surface area contributed by atoms with Crippen LogP contribution in [0.25, 0.3) is 0 Å². The van der Waals surface area contributed by atoms with Crippen molar-refractivity contribution in [2.75, 3.05) is 19.7 Å². The molecule has 5 rings (SSSR count). The van der Waals surface area contributed by atoms with E-state index in [1.807, 2.05) is 90.7 Å². The molecule has 4 bridgehead atoms. The van der Waals surface area contributed by atoms with Crippen LogP contribution in [0.4, 0.5) is 4.79 Å². The Morgan fingerprint density at radius 1 is 0.957 bits per heavy atom. The van der Waals surface area contributed by atoms with Crippen molar-refractivity contribution >= 4 is 23.8 Å². The van der Waals surface area contributed by atoms with E-state index in [1.165, 1.54) is 0 Å². The van der Waals surface area contributed by atoms with Gasteiger partial charge in [0.1, 0.15) is 24.4 Å². The van der Waals surface area contributed by atoms with Crippen LogP contribution in [0.2, 0.25) is 0 Å². The van der Waals surface area contributed by atoms with Crippen molar-refractivity contribution in [3.05, 3.63) is 101 Å². The van der Waals surface area contributed by atoms with E-state index >= 15 is 0 Å². The Labute approximate surface area is 276 Å². The van der Waals surface area contributed by atoms with E-state index in [0.717, 1.165) is 28.7 Å². The molecule has 3 aromatic rings. The highest BCUT2D eigenvalue weighted by Crippen LogP contribution is 2.22. The summed E-state index contributed by atoms with van der Waals surface area (Å²) in [7, 11) is 0. The quantitative estimate of drug-likeness (QED) is 0.366. The summed E-state index contributed by atoms with van der Waals surface area (Å²) in [6.45, 7) is 4.05. The maximum absolute atomic E-state index is 13.8. The number of hydrogen-bond acceptors (Lipinski definition) is 6. The smallest absolute Gasteiger partial charge is 0.408 e. The zero-order valence-electron chi connectivity index (χ0n) is 26.9. The molecule has 248 valence electrons. The Kier molecular flexibility index (Phi) is 11.9. The average molecular weight is 641 g/mol. The number of amides is 4. The van der Waals surface area contributed by atoms with Crippen LogP contribution in [-0.2, 0) is 38.7 Å². The van der Waals surface area contributed by atoms with Gasteiger partial charge in [-0.2, -0.15) is 0 Å². The highest BCUT2D eigenvalue weighted by Gasteiger charge is 2.30. The van der Waals surface area contributed by atoms with Gasteiger partial charge >= 0.3 is 6.09 Å². The number of rotatable bonds is 6. The fourth-order valence-corrected chi connectivity index (χ4v) is 5.93. The third kappa shape index (κ3) is 10.1. The maximum Gasteiger partial charge on any atom is 0.408 e. The summed E-state index contributed by atoms with van der Waals surface area (Å²) in [6.07, 6.45) is 1.83. The van der Waals surface area contributed by atoms with Gasteiger partial charge in [-0.05, 0) is 73.4 Å². The van der Waals surface area contributed by atoms with Gasteiger partial charge in [0.25, 0.3) is 0 Å². The Morgan fingerprint density at radius 2 is 1.70 bits per heavy atom. The van der Waals surface area contributed by atoms with E-state index < -0.39 is 24.1 Å². The van der Waals surface area contributed by atoms with Crippen LogP contribution in [0, 0.1) is 12.8 Å². The predicted molar refractivity (Wildman–Crippen MR) is 177 cm³/mol. The molecule has 2 heterocycles. The van der Waals surface area contributed by atoms with Gasteiger partial charge < -0.3 is 30.3 Å². The highest BCUT2D eigenvalue weighted by molar-refractivity contribution is 5.91. The lowest BCUT2D eigenvalue weighted by molar-refractivity contribution is -0.131. The van der Waals surface area contributed by atoms with Crippen LogP contribution in [-0.4, -0.2) is 60.5 Å². The summed E-state index contributed by atoms with van der Waals surface area (Å²) in [5, 5.41) is 8.60. The molecule has 1 fully saturated rings. The SMILES string of the molecule is Cc1ccc2cc1CNC(=O)[C@H](CCc1ccccc1)NC(=O)[C@@H](NC(=O)OCc1ccccc1)CCCC(=O)N1CCC(CO2)C1. The van der Waals surface area contributed by atoms with Crippen LogP contribution in [0.3, 0.4) is 0 Å². The molecule has 1 unspecified atom stereocenters. The lowest BCUT2D eigenvalue weighted by Gasteiger charge is -2.24. The first-order chi connectivity index (χ1) is 22.8. The fourth-order valence-electron chi connectivity index (χ4n) is 5.93. The first-order valence-electron chi connectivity index (χ1n) is 16.4. The molecule has 0 aliphatic carbocycles. The number of ether oxygens (including phenoxy) is 2. The molecule has 0 aromatic heterocycles. The molecule has 3 atom stereocenters. The highest BCUT2D eigenvalue weighted by atomic mass is 16.5. The van der Waals surface area contributed by atoms with E-state index in [2.05, 4.69) is 16.0 Å². The van der Waals surface area contributed by atoms with E-state index in [4.69, 9.17) is 9.47 Å². The molecule has 4 amide bonds. The standard InChI is InChI=1S/C37H44N4O6/c1-26-15-17-31-21-30(26)22-38-35(43)33(18-16-27-9-4-2-5-10-27)39-36(44)32(40-37(45)47-24-28-11-6-3-7-12-28)13-8-14-34(42)41-20-19-29(23-41)25-46-31/h2-7,9-12,15,17,21,29,32-33H,8,13-14,16,18-20,22-25H2,1H3,(H,38,43)(H,39,44)(H,40,45)/t29?,32-,33-/m0/s1. The molecule has 0 saturated carbocycles. The Balaban J connectivity index is 1.34. The summed E-state index contributed by atoms with van der Waals surface area (Å²) in [5.41, 5.74) is 3.76. The molecule has 0 radical (unpaired) electrons. The van der Waals surface area contributed by atoms with Crippen molar-refractivity contribution in [1.82, 2.24) is 20.9 Å². The van der Waals surface area contributed by atoms with Crippen molar-refractivity contribution < 1.29 is 28.7 Å². The van der Waals surface area contributed by atoms with Crippen LogP contribution in [0.5, 0.6) is 5.75 Å². The van der Waals surface area contributed by atoms with E-state index in [1.54, 1.807) is 0 Å². The largest absolute Gasteiger partial charge is 0.493 e. The van der Waals surface area contributed by atoms with Gasteiger partial charge in [0.05, 0.1) is 6.61 Å². The van der Waals surface area contributed by atoms with E-state index in [-0.39, 0.29) is 43.7 Å². The summed E-state index contributed by atoms with van der Waals surface area (Å²) < 4.78 is 11.5. The van der Waals surface area contributed by atoms with Crippen molar-refractivity contribution in [1.29, 1.82) is 0 Å². The van der Waals surface area contributed by atoms with Gasteiger partial charge in [0.15, 0.2) is 0 Å². The normalized spacial score (nSPS) is 20.9. The third-order valence-electron chi connectivity index (χ3n) is 8.80. The number of benzene rings is 3. The summed E-state index contributed by atoms with van der Waals surface area (Å²) in [6, 6.07) is 22.9. The summed E-state index contributed by atoms with van der Waals surface area (Å²) in [5.74, 6) is 0.102. The number of aryl methyl sites for hydroxylation is 2. The summed E-state index contributed by atoms with van der Waals surface area (Å²) >= 11 is 0. The van der Waals surface area contributed by atoms with Crippen molar-refractivity contribution in [2.45, 2.75) is 70.7 Å². The van der Waals surface area contributed by atoms with Gasteiger partial charge in [-0.15, -0.1) is 0 Å². The second-order valence-corrected chi connectivity index (χ2v) is 12.3. The third-order valence-corrected chi connectivity index (χ3v) is 8.80. The minimum Gasteiger partial charge on any atom is -0.493 e. The van der Waals surface area contributed by atoms with Gasteiger partial charge in [-0.3, -0.25) is 14.4 Å². The topological polar surface area (TPSA) is 126 Å². The number of nitrogens with one attached hydrogen (secondary N) is 3. The maximum atomic E-state index is 13.8. The number of nitrogens with zero attached hydrogens (tertiary/aromatic N) is 1. The monoisotopic (exact) mass is 640 g/mol. The van der Waals surface area contributed by atoms with Crippen molar-refractivity contribution in [3.63, 3.8) is 0 Å². The first kappa shape index (κ1) is 33.5. The zero-order chi connectivity index (χ0) is 33.0. The molecule has 2 aliphatic rings. The van der Waals surface area contributed by atoms with E-state index in [0.29, 0.717) is 44.7 Å². The second-order valence-electron chi connectivity index (χ2n) is 12.3. The number of carbonyl (C=O) groups excluding carboxylic acids is 4. The van der Waals surface area contributed by atoms with Crippen LogP contribution in [0.15, 0.2) is 78.9 Å². The molecule has 3 aromatic carbocycles. The van der Waals surface area contributed by atoms with Crippen molar-refractivity contribution in [3.8, 4) is 5.75 Å². The van der Waals surface area contributed by atoms with Gasteiger partial charge in [0.2, 0.25) is 17.7 Å². The zero-order valence-corrected chi connectivity index (χ0v) is 26.9. The van der Waals surface area contributed by atoms with E-state index in [9.17, 15) is 19.2 Å². The molecule has 10 nitrogen and oxygen atoms in total. The number of carbonyl (C=O) groups is 4. The lowest BCUT2D eigenvalue weighted by Crippen LogP contribution is -2.53. The minimum atomic E-state index is -1.00. The molecular weight excluding hydrogens is 596 g/mol. The molecular formula is C37H44N4O6. The molecule has 3 N–H and O–H groups in total. The lowest BCUT2D eigenvalue weighted by atomic mass is 10.0. The van der Waals surface area contributed by atoms with Gasteiger partial charge in [-0.25, -0.2) is 4.79 Å². The van der Waals surface area contributed by atoms with Gasteiger partial charge in [-0.1, -0.05) is 66.7 Å². The number of fused-ring (bicyclic) bond motifs is 4. The summed E-state index contributed by atoms with van der Waals surface area (Å²) in [4.78, 5) is 55.2. The average Bonchev–Trinajstić information content (AvgIpc) is 3.57. The Bertz CT molecular complexity index is 1520. The van der Waals surface area contributed by atoms with Crippen LogP contribution >= 0.6 is 0 Å². The molecule has 47 heavy (non-hydrogen) atoms. The molecule has 10 heteroatoms. The second kappa shape index (κ2) is 16.6. The predicted octanol–water partition coefficient (Wildman–Crippen LogP) is 4.44. The number of hydrogen-bond donors (Lipinski definition) is 3.